The van der Waals surface area contributed by atoms with E-state index in [1.165, 1.54) is 38.8 Å². The number of nitrogens with one attached hydrogen (secondary N) is 1. The molecule has 1 aromatic heterocycles. The Bertz CT molecular complexity index is 1430. The second-order valence-electron chi connectivity index (χ2n) is 11.8. The Kier molecular flexibility index (Phi) is 9.17. The lowest BCUT2D eigenvalue weighted by Crippen LogP contribution is -2.28. The van der Waals surface area contributed by atoms with Crippen molar-refractivity contribution in [2.24, 2.45) is 5.41 Å². The number of rotatable bonds is 8. The minimum atomic E-state index is 0.133. The number of fused-ring (bicyclic) bond motifs is 7. The maximum Gasteiger partial charge on any atom is 0.321 e. The standard InChI is InChI=1S/C34H41N5O4/c1-2-41-33-37-31-22-26-9-12-28(29(40)13-14-34(15-16-34)24-39-17-3-4-18-39)30(21-26)43-20-6-5-19-42-27-10-7-25(8-11-27)23-35-32(36-31)38-33/h5-12,21H,2-4,13-20,22-24H2,1H3,(H,35,36,37,38). The van der Waals surface area contributed by atoms with Crippen LogP contribution in [-0.2, 0) is 13.0 Å². The van der Waals surface area contributed by atoms with Crippen molar-refractivity contribution in [3.8, 4) is 17.5 Å². The van der Waals surface area contributed by atoms with Gasteiger partial charge in [0.1, 0.15) is 30.5 Å². The van der Waals surface area contributed by atoms with Crippen LogP contribution < -0.4 is 19.5 Å². The number of ketones is 1. The lowest BCUT2D eigenvalue weighted by atomic mass is 9.94. The highest BCUT2D eigenvalue weighted by atomic mass is 16.5. The first kappa shape index (κ1) is 29.1. The summed E-state index contributed by atoms with van der Waals surface area (Å²) in [5.74, 6) is 2.52. The average Bonchev–Trinajstić information content (AvgIpc) is 3.58. The number of carbonyl (C=O) groups is 1. The molecule has 3 aromatic rings. The number of aromatic nitrogens is 3. The summed E-state index contributed by atoms with van der Waals surface area (Å²) in [5, 5.41) is 3.29. The number of benzene rings is 2. The summed E-state index contributed by atoms with van der Waals surface area (Å²) in [7, 11) is 0. The van der Waals surface area contributed by atoms with E-state index in [9.17, 15) is 4.79 Å². The normalized spacial score (nSPS) is 18.0. The Morgan fingerprint density at radius 1 is 0.977 bits per heavy atom. The van der Waals surface area contributed by atoms with Crippen LogP contribution in [0, 0.1) is 5.41 Å². The van der Waals surface area contributed by atoms with Gasteiger partial charge in [-0.3, -0.25) is 4.79 Å². The third kappa shape index (κ3) is 7.90. The second-order valence-corrected chi connectivity index (χ2v) is 11.8. The largest absolute Gasteiger partial charge is 0.490 e. The quantitative estimate of drug-likeness (QED) is 0.267. The van der Waals surface area contributed by atoms with E-state index in [1.54, 1.807) is 0 Å². The van der Waals surface area contributed by atoms with Gasteiger partial charge in [-0.2, -0.15) is 15.0 Å². The van der Waals surface area contributed by atoms with E-state index in [1.807, 2.05) is 61.5 Å². The van der Waals surface area contributed by atoms with E-state index in [4.69, 9.17) is 14.2 Å². The fraction of sp³-hybridized carbons (Fsp3) is 0.471. The van der Waals surface area contributed by atoms with Crippen LogP contribution in [0.3, 0.4) is 0 Å². The molecule has 4 aliphatic rings. The number of hydrogen-bond acceptors (Lipinski definition) is 9. The zero-order chi connectivity index (χ0) is 29.5. The van der Waals surface area contributed by atoms with Gasteiger partial charge in [-0.15, -0.1) is 0 Å². The molecule has 3 aliphatic heterocycles. The highest BCUT2D eigenvalue weighted by Gasteiger charge is 2.44. The zero-order valence-electron chi connectivity index (χ0n) is 25.0. The van der Waals surface area contributed by atoms with Crippen LogP contribution in [0.25, 0.3) is 0 Å². The maximum absolute atomic E-state index is 13.6. The summed E-state index contributed by atoms with van der Waals surface area (Å²) in [6.07, 6.45) is 10.8. The number of likely N-dealkylation sites (tertiary alicyclic amines) is 1. The van der Waals surface area contributed by atoms with Gasteiger partial charge in [0, 0.05) is 25.9 Å². The Hall–Kier alpha value is -3.98. The van der Waals surface area contributed by atoms with Gasteiger partial charge in [-0.1, -0.05) is 18.2 Å². The Balaban J connectivity index is 1.22. The molecule has 0 spiro atoms. The lowest BCUT2D eigenvalue weighted by Gasteiger charge is -2.22. The molecule has 1 aliphatic carbocycles. The van der Waals surface area contributed by atoms with Crippen LogP contribution in [0.15, 0.2) is 54.6 Å². The number of nitrogens with zero attached hydrogens (tertiary/aromatic N) is 4. The van der Waals surface area contributed by atoms with Crippen molar-refractivity contribution in [2.45, 2.75) is 58.4 Å². The average molecular weight is 584 g/mol. The van der Waals surface area contributed by atoms with Gasteiger partial charge >= 0.3 is 6.01 Å². The lowest BCUT2D eigenvalue weighted by molar-refractivity contribution is 0.0963. The van der Waals surface area contributed by atoms with E-state index in [0.717, 1.165) is 29.8 Å². The van der Waals surface area contributed by atoms with Crippen molar-refractivity contribution in [3.05, 3.63) is 77.1 Å². The summed E-state index contributed by atoms with van der Waals surface area (Å²) in [6, 6.07) is 14.0. The zero-order valence-corrected chi connectivity index (χ0v) is 25.0. The molecule has 226 valence electrons. The van der Waals surface area contributed by atoms with Gasteiger partial charge in [0.05, 0.1) is 12.2 Å². The van der Waals surface area contributed by atoms with Gasteiger partial charge in [0.15, 0.2) is 5.78 Å². The van der Waals surface area contributed by atoms with Crippen LogP contribution in [0.5, 0.6) is 17.5 Å². The SMILES string of the molecule is CCOc1nc2nc(n1)NCc1ccc(cc1)OCC=CCOc1cc(ccc1C(=O)CCC1(CN3CCCC3)CC1)C2. The Morgan fingerprint density at radius 2 is 1.74 bits per heavy atom. The van der Waals surface area contributed by atoms with Crippen LogP contribution in [0.1, 0.15) is 72.8 Å². The number of anilines is 1. The summed E-state index contributed by atoms with van der Waals surface area (Å²) in [6.45, 7) is 7.19. The van der Waals surface area contributed by atoms with Gasteiger partial charge in [-0.05, 0) is 105 Å². The molecule has 1 saturated heterocycles. The number of carbonyl (C=O) groups excluding carboxylic acids is 1. The first-order chi connectivity index (χ1) is 21.1. The molecule has 6 bridgehead atoms. The number of hydrogen-bond donors (Lipinski definition) is 1. The third-order valence-corrected chi connectivity index (χ3v) is 8.46. The molecule has 4 heterocycles. The van der Waals surface area contributed by atoms with Crippen molar-refractivity contribution < 1.29 is 19.0 Å². The van der Waals surface area contributed by atoms with E-state index >= 15 is 0 Å². The molecule has 1 saturated carbocycles. The molecular formula is C34H41N5O4. The minimum absolute atomic E-state index is 0.133. The molecule has 0 radical (unpaired) electrons. The topological polar surface area (TPSA) is 98.7 Å². The van der Waals surface area contributed by atoms with E-state index < -0.39 is 0 Å². The van der Waals surface area contributed by atoms with Gasteiger partial charge in [0.25, 0.3) is 0 Å². The molecule has 0 amide bonds. The predicted molar refractivity (Wildman–Crippen MR) is 165 cm³/mol. The van der Waals surface area contributed by atoms with Gasteiger partial charge < -0.3 is 24.4 Å². The molecule has 0 atom stereocenters. The third-order valence-electron chi connectivity index (χ3n) is 8.46. The highest BCUT2D eigenvalue weighted by Crippen LogP contribution is 2.50. The van der Waals surface area contributed by atoms with Crippen molar-refractivity contribution in [2.75, 3.05) is 44.8 Å². The smallest absolute Gasteiger partial charge is 0.321 e. The fourth-order valence-electron chi connectivity index (χ4n) is 5.85. The van der Waals surface area contributed by atoms with Crippen LogP contribution in [-0.4, -0.2) is 65.1 Å². The number of ether oxygens (including phenoxy) is 3. The molecule has 2 aromatic carbocycles. The molecule has 43 heavy (non-hydrogen) atoms. The predicted octanol–water partition coefficient (Wildman–Crippen LogP) is 5.64. The Morgan fingerprint density at radius 3 is 2.51 bits per heavy atom. The summed E-state index contributed by atoms with van der Waals surface area (Å²) in [5.41, 5.74) is 2.96. The minimum Gasteiger partial charge on any atom is -0.490 e. The Labute approximate surface area is 253 Å². The number of Topliss-reactive ketones (excluding diaryl/α,β-unsaturated/α-hetero) is 1. The van der Waals surface area contributed by atoms with E-state index in [2.05, 4.69) is 25.2 Å². The van der Waals surface area contributed by atoms with Crippen molar-refractivity contribution in [1.29, 1.82) is 0 Å². The molecule has 7 rings (SSSR count). The monoisotopic (exact) mass is 583 g/mol. The maximum atomic E-state index is 13.6. The van der Waals surface area contributed by atoms with Gasteiger partial charge in [0.2, 0.25) is 5.95 Å². The fourth-order valence-corrected chi connectivity index (χ4v) is 5.85. The second kappa shape index (κ2) is 13.5. The summed E-state index contributed by atoms with van der Waals surface area (Å²) >= 11 is 0. The van der Waals surface area contributed by atoms with Crippen molar-refractivity contribution in [3.63, 3.8) is 0 Å². The molecule has 0 unspecified atom stereocenters. The van der Waals surface area contributed by atoms with Crippen molar-refractivity contribution in [1.82, 2.24) is 19.9 Å². The summed E-state index contributed by atoms with van der Waals surface area (Å²) < 4.78 is 17.7. The van der Waals surface area contributed by atoms with Crippen LogP contribution >= 0.6 is 0 Å². The molecule has 1 N–H and O–H groups in total. The van der Waals surface area contributed by atoms with Crippen molar-refractivity contribution >= 4 is 11.7 Å². The molecule has 9 nitrogen and oxygen atoms in total. The van der Waals surface area contributed by atoms with E-state index in [-0.39, 0.29) is 11.8 Å². The first-order valence-electron chi connectivity index (χ1n) is 15.6. The van der Waals surface area contributed by atoms with Crippen LogP contribution in [0.4, 0.5) is 5.95 Å². The summed E-state index contributed by atoms with van der Waals surface area (Å²) in [4.78, 5) is 29.8. The first-order valence-corrected chi connectivity index (χ1v) is 15.6. The molecule has 2 fully saturated rings. The highest BCUT2D eigenvalue weighted by molar-refractivity contribution is 5.98. The molecular weight excluding hydrogens is 542 g/mol. The molecule has 9 heteroatoms. The van der Waals surface area contributed by atoms with Gasteiger partial charge in [-0.25, -0.2) is 0 Å². The van der Waals surface area contributed by atoms with E-state index in [0.29, 0.717) is 67.7 Å². The van der Waals surface area contributed by atoms with Crippen LogP contribution in [0.2, 0.25) is 0 Å².